The number of imide groups is 1. The lowest BCUT2D eigenvalue weighted by Gasteiger charge is -2.46. The highest BCUT2D eigenvalue weighted by molar-refractivity contribution is 6.05. The number of nitrogens with zero attached hydrogens (tertiary/aromatic N) is 1. The SMILES string of the molecule is COCC12CC(NCc3cccc4c3C(=O)N(C3CCC(=O)NC3=O)C4)(CN1)C2. The molecule has 5 aliphatic rings. The Balaban J connectivity index is 1.30. The Morgan fingerprint density at radius 1 is 1.28 bits per heavy atom. The van der Waals surface area contributed by atoms with Crippen LogP contribution in [0.25, 0.3) is 0 Å². The summed E-state index contributed by atoms with van der Waals surface area (Å²) in [6.07, 6.45) is 2.70. The van der Waals surface area contributed by atoms with Gasteiger partial charge in [0.1, 0.15) is 6.04 Å². The number of benzene rings is 1. The van der Waals surface area contributed by atoms with Crippen LogP contribution in [0.5, 0.6) is 0 Å². The Hall–Kier alpha value is -2.29. The highest BCUT2D eigenvalue weighted by atomic mass is 16.5. The number of carbonyl (C=O) groups excluding carboxylic acids is 3. The summed E-state index contributed by atoms with van der Waals surface area (Å²) < 4.78 is 5.34. The van der Waals surface area contributed by atoms with Crippen molar-refractivity contribution in [3.63, 3.8) is 0 Å². The molecule has 0 radical (unpaired) electrons. The predicted molar refractivity (Wildman–Crippen MR) is 104 cm³/mol. The van der Waals surface area contributed by atoms with Crippen molar-refractivity contribution in [2.75, 3.05) is 20.3 Å². The van der Waals surface area contributed by atoms with Crippen molar-refractivity contribution in [1.82, 2.24) is 20.9 Å². The largest absolute Gasteiger partial charge is 0.383 e. The fourth-order valence-electron chi connectivity index (χ4n) is 5.59. The molecular weight excluding hydrogens is 372 g/mol. The van der Waals surface area contributed by atoms with Gasteiger partial charge in [-0.05, 0) is 30.4 Å². The maximum absolute atomic E-state index is 13.2. The van der Waals surface area contributed by atoms with E-state index in [9.17, 15) is 14.4 Å². The second-order valence-electron chi connectivity index (χ2n) is 8.91. The number of methoxy groups -OCH3 is 1. The van der Waals surface area contributed by atoms with Crippen LogP contribution >= 0.6 is 0 Å². The van der Waals surface area contributed by atoms with E-state index in [0.717, 1.165) is 37.1 Å². The zero-order chi connectivity index (χ0) is 20.2. The predicted octanol–water partition coefficient (Wildman–Crippen LogP) is 0.0582. The molecule has 1 atom stereocenters. The second-order valence-corrected chi connectivity index (χ2v) is 8.91. The van der Waals surface area contributed by atoms with E-state index in [1.54, 1.807) is 12.0 Å². The Bertz CT molecular complexity index is 893. The van der Waals surface area contributed by atoms with Crippen LogP contribution < -0.4 is 16.0 Å². The van der Waals surface area contributed by atoms with Gasteiger partial charge in [0, 0.05) is 49.8 Å². The van der Waals surface area contributed by atoms with Crippen molar-refractivity contribution in [3.8, 4) is 0 Å². The van der Waals surface area contributed by atoms with E-state index in [1.807, 2.05) is 18.2 Å². The molecule has 1 aliphatic carbocycles. The summed E-state index contributed by atoms with van der Waals surface area (Å²) in [7, 11) is 1.73. The first-order valence-corrected chi connectivity index (χ1v) is 10.2. The first-order chi connectivity index (χ1) is 13.9. The first kappa shape index (κ1) is 18.7. The highest BCUT2D eigenvalue weighted by Crippen LogP contribution is 2.47. The number of hydrogen-bond donors (Lipinski definition) is 3. The summed E-state index contributed by atoms with van der Waals surface area (Å²) in [5, 5.41) is 9.59. The van der Waals surface area contributed by atoms with Crippen molar-refractivity contribution in [1.29, 1.82) is 0 Å². The number of nitrogens with one attached hydrogen (secondary N) is 3. The molecule has 1 saturated carbocycles. The Labute approximate surface area is 169 Å². The monoisotopic (exact) mass is 398 g/mol. The van der Waals surface area contributed by atoms with Crippen LogP contribution in [0.15, 0.2) is 18.2 Å². The van der Waals surface area contributed by atoms with Gasteiger partial charge in [0.25, 0.3) is 5.91 Å². The molecule has 154 valence electrons. The molecule has 3 N–H and O–H groups in total. The number of rotatable bonds is 6. The van der Waals surface area contributed by atoms with Crippen LogP contribution in [0.1, 0.15) is 47.2 Å². The topological polar surface area (TPSA) is 99.8 Å². The molecule has 3 amide bonds. The third-order valence-electron chi connectivity index (χ3n) is 6.87. The van der Waals surface area contributed by atoms with E-state index in [2.05, 4.69) is 16.0 Å². The molecule has 6 rings (SSSR count). The van der Waals surface area contributed by atoms with Gasteiger partial charge in [-0.1, -0.05) is 18.2 Å². The van der Waals surface area contributed by atoms with Crippen LogP contribution in [0.3, 0.4) is 0 Å². The van der Waals surface area contributed by atoms with Gasteiger partial charge in [0.05, 0.1) is 6.61 Å². The molecule has 1 unspecified atom stereocenters. The number of hydrogen-bond acceptors (Lipinski definition) is 6. The number of fused-ring (bicyclic) bond motifs is 2. The summed E-state index contributed by atoms with van der Waals surface area (Å²) in [6, 6.07) is 5.33. The first-order valence-electron chi connectivity index (χ1n) is 10.2. The normalized spacial score (nSPS) is 32.9. The van der Waals surface area contributed by atoms with E-state index in [0.29, 0.717) is 25.1 Å². The molecule has 4 aliphatic heterocycles. The molecule has 1 aromatic carbocycles. The van der Waals surface area contributed by atoms with Gasteiger partial charge < -0.3 is 20.3 Å². The number of amides is 3. The van der Waals surface area contributed by atoms with Gasteiger partial charge in [-0.2, -0.15) is 0 Å². The van der Waals surface area contributed by atoms with E-state index >= 15 is 0 Å². The maximum Gasteiger partial charge on any atom is 0.255 e. The summed E-state index contributed by atoms with van der Waals surface area (Å²) in [6.45, 7) is 2.65. The second kappa shape index (κ2) is 6.62. The van der Waals surface area contributed by atoms with Crippen LogP contribution in [0.2, 0.25) is 0 Å². The van der Waals surface area contributed by atoms with Crippen molar-refractivity contribution < 1.29 is 19.1 Å². The maximum atomic E-state index is 13.2. The third kappa shape index (κ3) is 2.97. The molecule has 8 nitrogen and oxygen atoms in total. The Kier molecular flexibility index (Phi) is 4.27. The summed E-state index contributed by atoms with van der Waals surface area (Å²) >= 11 is 0. The number of piperidine rings is 1. The third-order valence-corrected chi connectivity index (χ3v) is 6.87. The van der Waals surface area contributed by atoms with Gasteiger partial charge in [-0.25, -0.2) is 0 Å². The van der Waals surface area contributed by atoms with Crippen molar-refractivity contribution in [2.45, 2.75) is 55.9 Å². The molecule has 2 bridgehead atoms. The van der Waals surface area contributed by atoms with Gasteiger partial charge in [0.15, 0.2) is 0 Å². The van der Waals surface area contributed by atoms with Gasteiger partial charge in [-0.15, -0.1) is 0 Å². The van der Waals surface area contributed by atoms with Crippen LogP contribution in [-0.4, -0.2) is 60.0 Å². The molecule has 4 heterocycles. The van der Waals surface area contributed by atoms with Gasteiger partial charge in [0.2, 0.25) is 11.8 Å². The quantitative estimate of drug-likeness (QED) is 0.586. The van der Waals surface area contributed by atoms with Crippen molar-refractivity contribution in [3.05, 3.63) is 34.9 Å². The van der Waals surface area contributed by atoms with Crippen molar-refractivity contribution >= 4 is 17.7 Å². The highest BCUT2D eigenvalue weighted by Gasteiger charge is 2.60. The lowest BCUT2D eigenvalue weighted by atomic mass is 9.68. The van der Waals surface area contributed by atoms with Crippen LogP contribution in [0, 0.1) is 0 Å². The minimum atomic E-state index is -0.577. The fourth-order valence-corrected chi connectivity index (χ4v) is 5.59. The number of carbonyl (C=O) groups is 3. The van der Waals surface area contributed by atoms with Crippen LogP contribution in [0.4, 0.5) is 0 Å². The molecule has 8 heteroatoms. The molecule has 0 aromatic heterocycles. The minimum Gasteiger partial charge on any atom is -0.383 e. The Morgan fingerprint density at radius 2 is 2.10 bits per heavy atom. The van der Waals surface area contributed by atoms with Gasteiger partial charge >= 0.3 is 0 Å². The van der Waals surface area contributed by atoms with Crippen molar-refractivity contribution in [2.24, 2.45) is 0 Å². The molecular formula is C21H26N4O4. The summed E-state index contributed by atoms with van der Waals surface area (Å²) in [5.41, 5.74) is 2.77. The molecule has 4 fully saturated rings. The van der Waals surface area contributed by atoms with E-state index in [4.69, 9.17) is 4.74 Å². The smallest absolute Gasteiger partial charge is 0.255 e. The van der Waals surface area contributed by atoms with E-state index < -0.39 is 6.04 Å². The lowest BCUT2D eigenvalue weighted by molar-refractivity contribution is -0.136. The van der Waals surface area contributed by atoms with E-state index in [-0.39, 0.29) is 35.2 Å². The zero-order valence-electron chi connectivity index (χ0n) is 16.5. The lowest BCUT2D eigenvalue weighted by Crippen LogP contribution is -2.60. The average molecular weight is 398 g/mol. The van der Waals surface area contributed by atoms with E-state index in [1.165, 1.54) is 0 Å². The Morgan fingerprint density at radius 3 is 2.86 bits per heavy atom. The fraction of sp³-hybridized carbons (Fsp3) is 0.571. The zero-order valence-corrected chi connectivity index (χ0v) is 16.5. The molecule has 3 saturated heterocycles. The van der Waals surface area contributed by atoms with Crippen LogP contribution in [-0.2, 0) is 27.4 Å². The molecule has 29 heavy (non-hydrogen) atoms. The minimum absolute atomic E-state index is 0.0617. The average Bonchev–Trinajstić information content (AvgIpc) is 3.31. The molecule has 0 spiro atoms. The number of ether oxygens (including phenoxy) is 1. The van der Waals surface area contributed by atoms with Gasteiger partial charge in [-0.3, -0.25) is 19.7 Å². The summed E-state index contributed by atoms with van der Waals surface area (Å²) in [4.78, 5) is 38.5. The molecule has 1 aromatic rings. The summed E-state index contributed by atoms with van der Waals surface area (Å²) in [5.74, 6) is -0.756. The standard InChI is InChI=1S/C21H26N4O4/c1-29-12-21-9-20(10-21,11-23-21)22-7-13-3-2-4-14-8-25(19(28)17(13)14)15-5-6-16(26)24-18(15)27/h2-4,15,22-23H,5-12H2,1H3,(H,24,26,27).